The number of esters is 3. The van der Waals surface area contributed by atoms with E-state index >= 15 is 0 Å². The zero-order valence-electron chi connectivity index (χ0n) is 44.9. The van der Waals surface area contributed by atoms with Gasteiger partial charge >= 0.3 is 17.9 Å². The quantitative estimate of drug-likeness (QED) is 0.0262. The third kappa shape index (κ3) is 54.4. The lowest BCUT2D eigenvalue weighted by Gasteiger charge is -2.18. The Labute approximate surface area is 416 Å². The Morgan fingerprint density at radius 2 is 0.537 bits per heavy atom. The van der Waals surface area contributed by atoms with Gasteiger partial charge in [-0.1, -0.05) is 256 Å². The van der Waals surface area contributed by atoms with Crippen LogP contribution < -0.4 is 0 Å². The molecule has 0 aliphatic rings. The maximum absolute atomic E-state index is 12.9. The van der Waals surface area contributed by atoms with Crippen LogP contribution >= 0.6 is 0 Å². The molecule has 6 heteroatoms. The molecule has 0 unspecified atom stereocenters. The summed E-state index contributed by atoms with van der Waals surface area (Å²) in [6.07, 6.45) is 67.0. The van der Waals surface area contributed by atoms with Crippen molar-refractivity contribution < 1.29 is 28.6 Å². The molecule has 0 fully saturated rings. The van der Waals surface area contributed by atoms with Gasteiger partial charge in [-0.25, -0.2) is 0 Å². The Morgan fingerprint density at radius 1 is 0.299 bits per heavy atom. The molecule has 0 spiro atoms. The summed E-state index contributed by atoms with van der Waals surface area (Å²) >= 11 is 0. The van der Waals surface area contributed by atoms with Crippen molar-refractivity contribution >= 4 is 17.9 Å². The molecule has 0 rings (SSSR count). The molecule has 0 saturated carbocycles. The number of carbonyl (C=O) groups is 3. The van der Waals surface area contributed by atoms with E-state index in [9.17, 15) is 14.4 Å². The molecule has 0 amide bonds. The average molecular weight is 942 g/mol. The molecular weight excluding hydrogens is 829 g/mol. The van der Waals surface area contributed by atoms with Crippen molar-refractivity contribution in [1.29, 1.82) is 0 Å². The van der Waals surface area contributed by atoms with Crippen LogP contribution in [0.15, 0.2) is 36.5 Å². The van der Waals surface area contributed by atoms with Gasteiger partial charge in [-0.15, -0.1) is 0 Å². The van der Waals surface area contributed by atoms with E-state index in [1.54, 1.807) is 0 Å². The minimum absolute atomic E-state index is 0.0726. The molecular formula is C61H112O6. The van der Waals surface area contributed by atoms with Crippen molar-refractivity contribution in [3.05, 3.63) is 36.5 Å². The van der Waals surface area contributed by atoms with Crippen LogP contribution in [-0.4, -0.2) is 37.2 Å². The number of hydrogen-bond acceptors (Lipinski definition) is 6. The summed E-state index contributed by atoms with van der Waals surface area (Å²) in [6, 6.07) is 0. The van der Waals surface area contributed by atoms with Gasteiger partial charge in [0.25, 0.3) is 0 Å². The minimum Gasteiger partial charge on any atom is -0.462 e. The fourth-order valence-electron chi connectivity index (χ4n) is 8.65. The summed E-state index contributed by atoms with van der Waals surface area (Å²) in [5, 5.41) is 0. The normalized spacial score (nSPS) is 12.2. The van der Waals surface area contributed by atoms with Crippen LogP contribution in [0.25, 0.3) is 0 Å². The average Bonchev–Trinajstić information content (AvgIpc) is 3.33. The number of ether oxygens (including phenoxy) is 3. The van der Waals surface area contributed by atoms with Gasteiger partial charge in [0.1, 0.15) is 13.2 Å². The van der Waals surface area contributed by atoms with Gasteiger partial charge in [0, 0.05) is 19.3 Å². The monoisotopic (exact) mass is 941 g/mol. The molecule has 0 aliphatic carbocycles. The molecule has 0 aromatic carbocycles. The lowest BCUT2D eigenvalue weighted by Crippen LogP contribution is -2.30. The number of carbonyl (C=O) groups excluding carboxylic acids is 3. The number of allylic oxidation sites excluding steroid dienone is 6. The molecule has 0 aromatic heterocycles. The van der Waals surface area contributed by atoms with E-state index in [0.29, 0.717) is 19.3 Å². The highest BCUT2D eigenvalue weighted by molar-refractivity contribution is 5.71. The van der Waals surface area contributed by atoms with Gasteiger partial charge < -0.3 is 14.2 Å². The van der Waals surface area contributed by atoms with Crippen LogP contribution in [0.1, 0.15) is 316 Å². The standard InChI is InChI=1S/C61H112O6/c1-4-7-10-13-16-19-22-25-28-30-33-36-39-42-45-48-51-54-60(63)66-57-58(56-65-59(62)53-50-47-44-41-38-35-32-27-24-21-18-15-12-9-6-3)67-61(64)55-52-49-46-43-40-37-34-31-29-26-23-20-17-14-11-8-5-2/h16,19,25-26,28-29,58H,4-15,17-18,20-24,27,30-57H2,1-3H3/b19-16-,28-25-,29-26-/t58-/m1/s1. The SMILES string of the molecule is CCCCC/C=C\C/C=C\CCCCCCCCCC(=O)OC[C@@H](COC(=O)CCCCCCCCCCCCCCCCC)OC(=O)CCCCCCCCC/C=C\CCCCCCCC. The van der Waals surface area contributed by atoms with Crippen molar-refractivity contribution in [3.63, 3.8) is 0 Å². The van der Waals surface area contributed by atoms with E-state index < -0.39 is 6.10 Å². The highest BCUT2D eigenvalue weighted by atomic mass is 16.6. The molecule has 0 saturated heterocycles. The summed E-state index contributed by atoms with van der Waals surface area (Å²) in [5.74, 6) is -0.866. The van der Waals surface area contributed by atoms with E-state index in [2.05, 4.69) is 57.2 Å². The number of hydrogen-bond donors (Lipinski definition) is 0. The van der Waals surface area contributed by atoms with Gasteiger partial charge in [0.15, 0.2) is 6.10 Å². The summed E-state index contributed by atoms with van der Waals surface area (Å²) < 4.78 is 16.9. The van der Waals surface area contributed by atoms with Crippen LogP contribution in [0.2, 0.25) is 0 Å². The van der Waals surface area contributed by atoms with Gasteiger partial charge in [0.2, 0.25) is 0 Å². The van der Waals surface area contributed by atoms with E-state index in [0.717, 1.165) is 70.6 Å². The Balaban J connectivity index is 4.36. The highest BCUT2D eigenvalue weighted by Gasteiger charge is 2.19. The predicted octanol–water partition coefficient (Wildman–Crippen LogP) is 19.7. The first kappa shape index (κ1) is 64.6. The molecule has 0 heterocycles. The van der Waals surface area contributed by atoms with E-state index in [-0.39, 0.29) is 31.1 Å². The maximum Gasteiger partial charge on any atom is 0.306 e. The molecule has 6 nitrogen and oxygen atoms in total. The van der Waals surface area contributed by atoms with E-state index in [4.69, 9.17) is 14.2 Å². The third-order valence-electron chi connectivity index (χ3n) is 13.1. The Kier molecular flexibility index (Phi) is 54.2. The predicted molar refractivity (Wildman–Crippen MR) is 289 cm³/mol. The van der Waals surface area contributed by atoms with Crippen LogP contribution in [0.5, 0.6) is 0 Å². The smallest absolute Gasteiger partial charge is 0.306 e. The second-order valence-corrected chi connectivity index (χ2v) is 19.9. The summed E-state index contributed by atoms with van der Waals surface area (Å²) in [5.41, 5.74) is 0. The van der Waals surface area contributed by atoms with Gasteiger partial charge in [-0.2, -0.15) is 0 Å². The maximum atomic E-state index is 12.9. The summed E-state index contributed by atoms with van der Waals surface area (Å²) in [6.45, 7) is 6.64. The third-order valence-corrected chi connectivity index (χ3v) is 13.1. The van der Waals surface area contributed by atoms with Crippen molar-refractivity contribution in [1.82, 2.24) is 0 Å². The summed E-state index contributed by atoms with van der Waals surface area (Å²) in [7, 11) is 0. The van der Waals surface area contributed by atoms with Crippen molar-refractivity contribution in [2.24, 2.45) is 0 Å². The molecule has 0 aromatic rings. The van der Waals surface area contributed by atoms with Crippen LogP contribution in [0.4, 0.5) is 0 Å². The zero-order chi connectivity index (χ0) is 48.6. The lowest BCUT2D eigenvalue weighted by atomic mass is 10.0. The van der Waals surface area contributed by atoms with Crippen LogP contribution in [0, 0.1) is 0 Å². The molecule has 392 valence electrons. The fourth-order valence-corrected chi connectivity index (χ4v) is 8.65. The topological polar surface area (TPSA) is 78.9 Å². The molecule has 0 N–H and O–H groups in total. The first-order valence-electron chi connectivity index (χ1n) is 29.5. The van der Waals surface area contributed by atoms with Crippen LogP contribution in [-0.2, 0) is 28.6 Å². The molecule has 0 radical (unpaired) electrons. The first-order valence-corrected chi connectivity index (χ1v) is 29.5. The Bertz CT molecular complexity index is 1130. The Morgan fingerprint density at radius 3 is 0.866 bits per heavy atom. The van der Waals surface area contributed by atoms with Crippen molar-refractivity contribution in [2.75, 3.05) is 13.2 Å². The fraction of sp³-hybridized carbons (Fsp3) is 0.852. The number of rotatable bonds is 54. The summed E-state index contributed by atoms with van der Waals surface area (Å²) in [4.78, 5) is 38.2. The molecule has 0 bridgehead atoms. The van der Waals surface area contributed by atoms with Gasteiger partial charge in [0.05, 0.1) is 0 Å². The highest BCUT2D eigenvalue weighted by Crippen LogP contribution is 2.16. The Hall–Kier alpha value is -2.37. The number of unbranched alkanes of at least 4 members (excludes halogenated alkanes) is 37. The van der Waals surface area contributed by atoms with E-state index in [1.807, 2.05) is 0 Å². The zero-order valence-corrected chi connectivity index (χ0v) is 44.9. The molecule has 67 heavy (non-hydrogen) atoms. The second-order valence-electron chi connectivity index (χ2n) is 19.9. The molecule has 1 atom stereocenters. The first-order chi connectivity index (χ1) is 33.0. The second kappa shape index (κ2) is 56.2. The lowest BCUT2D eigenvalue weighted by molar-refractivity contribution is -0.167. The van der Waals surface area contributed by atoms with Gasteiger partial charge in [-0.05, 0) is 77.0 Å². The molecule has 0 aliphatic heterocycles. The van der Waals surface area contributed by atoms with Crippen LogP contribution in [0.3, 0.4) is 0 Å². The van der Waals surface area contributed by atoms with Crippen molar-refractivity contribution in [2.45, 2.75) is 322 Å². The minimum atomic E-state index is -0.775. The van der Waals surface area contributed by atoms with E-state index in [1.165, 1.54) is 205 Å². The van der Waals surface area contributed by atoms with Crippen molar-refractivity contribution in [3.8, 4) is 0 Å². The largest absolute Gasteiger partial charge is 0.462 e. The van der Waals surface area contributed by atoms with Gasteiger partial charge in [-0.3, -0.25) is 14.4 Å².